The molecule has 2 nitrogen and oxygen atoms in total. The first-order chi connectivity index (χ1) is 6.15. The Bertz CT molecular complexity index is 240. The number of carbonyl (C=O) groups excluding carboxylic acids is 1. The molecule has 0 fully saturated rings. The molecule has 0 atom stereocenters. The second-order valence-corrected chi connectivity index (χ2v) is 3.64. The summed E-state index contributed by atoms with van der Waals surface area (Å²) in [5, 5.41) is 0. The van der Waals surface area contributed by atoms with E-state index in [2.05, 4.69) is 25.3 Å². The third-order valence-corrected chi connectivity index (χ3v) is 2.27. The van der Waals surface area contributed by atoms with Crippen LogP contribution < -0.4 is 0 Å². The SMILES string of the molecule is C=CCN(C1=CC(=O)CC1)C(C)C. The zero-order valence-corrected chi connectivity index (χ0v) is 8.42. The third-order valence-electron chi connectivity index (χ3n) is 2.27. The van der Waals surface area contributed by atoms with E-state index < -0.39 is 0 Å². The van der Waals surface area contributed by atoms with Gasteiger partial charge in [0.15, 0.2) is 5.78 Å². The van der Waals surface area contributed by atoms with Crippen LogP contribution in [-0.4, -0.2) is 23.3 Å². The maximum absolute atomic E-state index is 11.1. The summed E-state index contributed by atoms with van der Waals surface area (Å²) in [7, 11) is 0. The van der Waals surface area contributed by atoms with Crippen LogP contribution in [0.3, 0.4) is 0 Å². The molecule has 0 bridgehead atoms. The van der Waals surface area contributed by atoms with Crippen molar-refractivity contribution in [3.05, 3.63) is 24.4 Å². The van der Waals surface area contributed by atoms with Crippen molar-refractivity contribution in [2.24, 2.45) is 0 Å². The van der Waals surface area contributed by atoms with E-state index in [1.54, 1.807) is 6.08 Å². The van der Waals surface area contributed by atoms with Gasteiger partial charge in [0.25, 0.3) is 0 Å². The van der Waals surface area contributed by atoms with E-state index in [1.807, 2.05) is 6.08 Å². The quantitative estimate of drug-likeness (QED) is 0.616. The Morgan fingerprint density at radius 3 is 2.69 bits per heavy atom. The predicted molar refractivity (Wildman–Crippen MR) is 54.4 cm³/mol. The van der Waals surface area contributed by atoms with Crippen LogP contribution in [0.25, 0.3) is 0 Å². The number of nitrogens with zero attached hydrogens (tertiary/aromatic N) is 1. The number of hydrogen-bond acceptors (Lipinski definition) is 2. The van der Waals surface area contributed by atoms with E-state index >= 15 is 0 Å². The molecule has 2 heteroatoms. The van der Waals surface area contributed by atoms with Crippen molar-refractivity contribution in [2.45, 2.75) is 32.7 Å². The number of hydrogen-bond donors (Lipinski definition) is 0. The standard InChI is InChI=1S/C11H17NO/c1-4-7-12(9(2)3)10-5-6-11(13)8-10/h4,8-9H,1,5-7H2,2-3H3. The molecule has 72 valence electrons. The topological polar surface area (TPSA) is 20.3 Å². The summed E-state index contributed by atoms with van der Waals surface area (Å²) in [6, 6.07) is 0.440. The molecule has 0 heterocycles. The lowest BCUT2D eigenvalue weighted by atomic mass is 10.2. The Morgan fingerprint density at radius 1 is 1.62 bits per heavy atom. The minimum Gasteiger partial charge on any atom is -0.369 e. The van der Waals surface area contributed by atoms with Gasteiger partial charge < -0.3 is 4.90 Å². The summed E-state index contributed by atoms with van der Waals surface area (Å²) >= 11 is 0. The fourth-order valence-corrected chi connectivity index (χ4v) is 1.61. The van der Waals surface area contributed by atoms with Crippen molar-refractivity contribution in [1.82, 2.24) is 4.90 Å². The van der Waals surface area contributed by atoms with Gasteiger partial charge in [-0.25, -0.2) is 0 Å². The number of carbonyl (C=O) groups is 1. The van der Waals surface area contributed by atoms with E-state index in [-0.39, 0.29) is 5.78 Å². The van der Waals surface area contributed by atoms with Gasteiger partial charge in [-0.15, -0.1) is 6.58 Å². The Labute approximate surface area is 79.9 Å². The lowest BCUT2D eigenvalue weighted by Crippen LogP contribution is -2.29. The van der Waals surface area contributed by atoms with Gasteiger partial charge in [0.2, 0.25) is 0 Å². The van der Waals surface area contributed by atoms with Crippen LogP contribution in [0.2, 0.25) is 0 Å². The van der Waals surface area contributed by atoms with E-state index in [1.165, 1.54) is 5.70 Å². The van der Waals surface area contributed by atoms with Crippen LogP contribution in [0.1, 0.15) is 26.7 Å². The van der Waals surface area contributed by atoms with Gasteiger partial charge in [0.1, 0.15) is 0 Å². The van der Waals surface area contributed by atoms with Gasteiger partial charge in [-0.1, -0.05) is 6.08 Å². The molecule has 0 unspecified atom stereocenters. The Balaban J connectivity index is 2.70. The van der Waals surface area contributed by atoms with E-state index in [4.69, 9.17) is 0 Å². The molecule has 0 aromatic rings. The van der Waals surface area contributed by atoms with Gasteiger partial charge in [-0.3, -0.25) is 4.79 Å². The molecular formula is C11H17NO. The minimum absolute atomic E-state index is 0.254. The van der Waals surface area contributed by atoms with Crippen LogP contribution in [0.15, 0.2) is 24.4 Å². The maximum Gasteiger partial charge on any atom is 0.157 e. The van der Waals surface area contributed by atoms with Gasteiger partial charge >= 0.3 is 0 Å². The Hall–Kier alpha value is -1.05. The smallest absolute Gasteiger partial charge is 0.157 e. The van der Waals surface area contributed by atoms with E-state index in [0.29, 0.717) is 12.5 Å². The van der Waals surface area contributed by atoms with Crippen molar-refractivity contribution < 1.29 is 4.79 Å². The molecule has 0 radical (unpaired) electrons. The highest BCUT2D eigenvalue weighted by molar-refractivity contribution is 5.92. The molecule has 0 aromatic heterocycles. The Morgan fingerprint density at radius 2 is 2.31 bits per heavy atom. The Kier molecular flexibility index (Phi) is 3.29. The average molecular weight is 179 g/mol. The molecule has 0 saturated heterocycles. The summed E-state index contributed by atoms with van der Waals surface area (Å²) in [5.41, 5.74) is 1.17. The number of ketones is 1. The molecule has 0 saturated carbocycles. The molecular weight excluding hydrogens is 162 g/mol. The maximum atomic E-state index is 11.1. The second kappa shape index (κ2) is 4.26. The molecule has 0 spiro atoms. The first-order valence-electron chi connectivity index (χ1n) is 4.76. The molecule has 0 amide bonds. The monoisotopic (exact) mass is 179 g/mol. The normalized spacial score (nSPS) is 16.2. The summed E-state index contributed by atoms with van der Waals surface area (Å²) in [5.74, 6) is 0.254. The van der Waals surface area contributed by atoms with Crippen LogP contribution in [0, 0.1) is 0 Å². The molecule has 13 heavy (non-hydrogen) atoms. The highest BCUT2D eigenvalue weighted by Crippen LogP contribution is 2.21. The highest BCUT2D eigenvalue weighted by atomic mass is 16.1. The number of allylic oxidation sites excluding steroid dienone is 2. The van der Waals surface area contributed by atoms with Crippen molar-refractivity contribution in [3.8, 4) is 0 Å². The van der Waals surface area contributed by atoms with Gasteiger partial charge in [0, 0.05) is 30.8 Å². The largest absolute Gasteiger partial charge is 0.369 e. The van der Waals surface area contributed by atoms with Crippen LogP contribution in [0.5, 0.6) is 0 Å². The van der Waals surface area contributed by atoms with Crippen molar-refractivity contribution in [3.63, 3.8) is 0 Å². The minimum atomic E-state index is 0.254. The molecule has 1 rings (SSSR count). The highest BCUT2D eigenvalue weighted by Gasteiger charge is 2.18. The molecule has 0 N–H and O–H groups in total. The molecule has 0 aliphatic heterocycles. The van der Waals surface area contributed by atoms with Crippen molar-refractivity contribution >= 4 is 5.78 Å². The summed E-state index contributed by atoms with van der Waals surface area (Å²) < 4.78 is 0. The predicted octanol–water partition coefficient (Wildman–Crippen LogP) is 2.13. The van der Waals surface area contributed by atoms with E-state index in [0.717, 1.165) is 13.0 Å². The third kappa shape index (κ3) is 2.44. The van der Waals surface area contributed by atoms with Crippen molar-refractivity contribution in [1.29, 1.82) is 0 Å². The summed E-state index contributed by atoms with van der Waals surface area (Å²) in [6.45, 7) is 8.81. The second-order valence-electron chi connectivity index (χ2n) is 3.64. The van der Waals surface area contributed by atoms with E-state index in [9.17, 15) is 4.79 Å². The fourth-order valence-electron chi connectivity index (χ4n) is 1.61. The lowest BCUT2D eigenvalue weighted by molar-refractivity contribution is -0.114. The fraction of sp³-hybridized carbons (Fsp3) is 0.545. The van der Waals surface area contributed by atoms with Gasteiger partial charge in [-0.2, -0.15) is 0 Å². The van der Waals surface area contributed by atoms with Crippen LogP contribution in [0.4, 0.5) is 0 Å². The van der Waals surface area contributed by atoms with Crippen molar-refractivity contribution in [2.75, 3.05) is 6.54 Å². The zero-order valence-electron chi connectivity index (χ0n) is 8.42. The average Bonchev–Trinajstić information content (AvgIpc) is 2.46. The lowest BCUT2D eigenvalue weighted by Gasteiger charge is -2.28. The summed E-state index contributed by atoms with van der Waals surface area (Å²) in [4.78, 5) is 13.3. The van der Waals surface area contributed by atoms with Crippen LogP contribution in [-0.2, 0) is 4.79 Å². The molecule has 1 aliphatic carbocycles. The summed E-state index contributed by atoms with van der Waals surface area (Å²) in [6.07, 6.45) is 5.22. The van der Waals surface area contributed by atoms with Gasteiger partial charge in [-0.05, 0) is 20.3 Å². The van der Waals surface area contributed by atoms with Crippen LogP contribution >= 0.6 is 0 Å². The van der Waals surface area contributed by atoms with Gasteiger partial charge in [0.05, 0.1) is 0 Å². The molecule has 0 aromatic carbocycles. The molecule has 1 aliphatic rings. The first-order valence-corrected chi connectivity index (χ1v) is 4.76. The first kappa shape index (κ1) is 10.0. The zero-order chi connectivity index (χ0) is 9.84. The number of rotatable bonds is 4.